The Balaban J connectivity index is 0.00000121. The molecular formula is C13H25N3O. The Morgan fingerprint density at radius 1 is 1.59 bits per heavy atom. The second-order valence-electron chi connectivity index (χ2n) is 3.80. The molecule has 1 fully saturated rings. The largest absolute Gasteiger partial charge is 0.357 e. The Hall–Kier alpha value is -1.32. The van der Waals surface area contributed by atoms with Crippen molar-refractivity contribution >= 4 is 12.2 Å². The van der Waals surface area contributed by atoms with Crippen LogP contribution in [0.5, 0.6) is 0 Å². The summed E-state index contributed by atoms with van der Waals surface area (Å²) in [6.07, 6.45) is 2.86. The second-order valence-corrected chi connectivity index (χ2v) is 3.80. The van der Waals surface area contributed by atoms with Crippen LogP contribution in [0.25, 0.3) is 0 Å². The molecule has 0 aromatic carbocycles. The lowest BCUT2D eigenvalue weighted by Crippen LogP contribution is -2.46. The third-order valence-corrected chi connectivity index (χ3v) is 2.78. The number of piperidine rings is 1. The predicted octanol–water partition coefficient (Wildman–Crippen LogP) is 1.83. The van der Waals surface area contributed by atoms with Gasteiger partial charge in [0.05, 0.1) is 0 Å². The minimum absolute atomic E-state index is 0.475. The van der Waals surface area contributed by atoms with Crippen molar-refractivity contribution in [1.82, 2.24) is 10.2 Å². The fraction of sp³-hybridized carbons (Fsp3) is 0.692. The van der Waals surface area contributed by atoms with Gasteiger partial charge in [0.25, 0.3) is 0 Å². The van der Waals surface area contributed by atoms with E-state index in [1.165, 1.54) is 0 Å². The first-order valence-electron chi connectivity index (χ1n) is 6.29. The van der Waals surface area contributed by atoms with Gasteiger partial charge in [-0.2, -0.15) is 0 Å². The molecule has 17 heavy (non-hydrogen) atoms. The molecule has 0 radical (unpaired) electrons. The molecule has 1 aliphatic heterocycles. The average molecular weight is 239 g/mol. The van der Waals surface area contributed by atoms with Crippen molar-refractivity contribution in [3.63, 3.8) is 0 Å². The summed E-state index contributed by atoms with van der Waals surface area (Å²) in [5.41, 5.74) is 1.10. The quantitative estimate of drug-likeness (QED) is 0.601. The van der Waals surface area contributed by atoms with E-state index in [1.807, 2.05) is 13.8 Å². The number of amidine groups is 1. The van der Waals surface area contributed by atoms with Crippen LogP contribution in [0.3, 0.4) is 0 Å². The highest BCUT2D eigenvalue weighted by Crippen LogP contribution is 2.21. The van der Waals surface area contributed by atoms with Crippen LogP contribution in [0.2, 0.25) is 0 Å². The fourth-order valence-corrected chi connectivity index (χ4v) is 1.92. The van der Waals surface area contributed by atoms with Crippen molar-refractivity contribution in [3.8, 4) is 0 Å². The molecule has 0 aliphatic carbocycles. The van der Waals surface area contributed by atoms with E-state index in [1.54, 1.807) is 7.05 Å². The van der Waals surface area contributed by atoms with Gasteiger partial charge in [-0.15, -0.1) is 0 Å². The van der Waals surface area contributed by atoms with Crippen LogP contribution in [0.1, 0.15) is 33.6 Å². The summed E-state index contributed by atoms with van der Waals surface area (Å²) in [5.74, 6) is 0.987. The summed E-state index contributed by atoms with van der Waals surface area (Å²) in [6.45, 7) is 11.6. The zero-order chi connectivity index (χ0) is 13.3. The first-order chi connectivity index (χ1) is 8.20. The zero-order valence-electron chi connectivity index (χ0n) is 11.5. The number of likely N-dealkylation sites (tertiary alicyclic amines) is 1. The lowest BCUT2D eigenvalue weighted by Gasteiger charge is -2.37. The molecule has 0 spiro atoms. The Morgan fingerprint density at radius 3 is 2.76 bits per heavy atom. The summed E-state index contributed by atoms with van der Waals surface area (Å²) < 4.78 is 0. The van der Waals surface area contributed by atoms with Gasteiger partial charge in [-0.25, -0.2) is 0 Å². The minimum Gasteiger partial charge on any atom is -0.357 e. The molecule has 1 heterocycles. The van der Waals surface area contributed by atoms with Crippen LogP contribution in [0, 0.1) is 0 Å². The topological polar surface area (TPSA) is 44.7 Å². The Bertz CT molecular complexity index is 274. The van der Waals surface area contributed by atoms with Gasteiger partial charge in [-0.1, -0.05) is 20.4 Å². The molecule has 1 saturated heterocycles. The van der Waals surface area contributed by atoms with E-state index >= 15 is 0 Å². The van der Waals surface area contributed by atoms with E-state index in [2.05, 4.69) is 28.7 Å². The van der Waals surface area contributed by atoms with Gasteiger partial charge in [0.15, 0.2) is 0 Å². The van der Waals surface area contributed by atoms with Crippen LogP contribution in [0.4, 0.5) is 0 Å². The third kappa shape index (κ3) is 4.59. The lowest BCUT2D eigenvalue weighted by atomic mass is 9.99. The van der Waals surface area contributed by atoms with Crippen LogP contribution in [-0.2, 0) is 4.79 Å². The molecule has 1 amide bonds. The third-order valence-electron chi connectivity index (χ3n) is 2.78. The summed E-state index contributed by atoms with van der Waals surface area (Å²) in [5, 5.41) is 2.67. The van der Waals surface area contributed by atoms with Crippen molar-refractivity contribution in [3.05, 3.63) is 12.2 Å². The molecule has 1 N–H and O–H groups in total. The van der Waals surface area contributed by atoms with Gasteiger partial charge in [-0.3, -0.25) is 9.79 Å². The smallest absolute Gasteiger partial charge is 0.207 e. The number of nitrogens with one attached hydrogen (secondary N) is 1. The molecule has 4 nitrogen and oxygen atoms in total. The van der Waals surface area contributed by atoms with Crippen LogP contribution < -0.4 is 5.32 Å². The van der Waals surface area contributed by atoms with Crippen molar-refractivity contribution < 1.29 is 4.79 Å². The molecule has 0 aromatic heterocycles. The zero-order valence-corrected chi connectivity index (χ0v) is 11.5. The van der Waals surface area contributed by atoms with E-state index < -0.39 is 0 Å². The maximum atomic E-state index is 10.2. The standard InChI is InChI=1S/C11H19N3O.C2H6/c1-9-4-5-10(2)14(11(9)12-3)7-6-13-8-15;1-2/h8,10H,1,4-7H2,2-3H3,(H,13,15);1-2H3. The molecule has 0 bridgehead atoms. The Kier molecular flexibility index (Phi) is 8.11. The van der Waals surface area contributed by atoms with Crippen LogP contribution in [0.15, 0.2) is 17.1 Å². The van der Waals surface area contributed by atoms with Crippen LogP contribution in [-0.4, -0.2) is 43.3 Å². The maximum Gasteiger partial charge on any atom is 0.207 e. The highest BCUT2D eigenvalue weighted by Gasteiger charge is 2.24. The monoisotopic (exact) mass is 239 g/mol. The van der Waals surface area contributed by atoms with Gasteiger partial charge in [0, 0.05) is 26.2 Å². The van der Waals surface area contributed by atoms with Crippen LogP contribution >= 0.6 is 0 Å². The minimum atomic E-state index is 0.475. The van der Waals surface area contributed by atoms with E-state index in [4.69, 9.17) is 0 Å². The molecule has 98 valence electrons. The van der Waals surface area contributed by atoms with Crippen molar-refractivity contribution in [2.75, 3.05) is 20.1 Å². The summed E-state index contributed by atoms with van der Waals surface area (Å²) in [7, 11) is 1.79. The van der Waals surface area contributed by atoms with Gasteiger partial charge in [0.1, 0.15) is 5.84 Å². The SMILES string of the molecule is C=C1CCC(C)N(CCNC=O)C1=NC.CC. The van der Waals surface area contributed by atoms with E-state index in [-0.39, 0.29) is 0 Å². The van der Waals surface area contributed by atoms with Gasteiger partial charge in [0.2, 0.25) is 6.41 Å². The summed E-state index contributed by atoms with van der Waals surface area (Å²) in [6, 6.07) is 0.475. The Labute approximate surface area is 105 Å². The number of hydrogen-bond acceptors (Lipinski definition) is 2. The second kappa shape index (κ2) is 8.79. The first-order valence-corrected chi connectivity index (χ1v) is 6.29. The van der Waals surface area contributed by atoms with E-state index in [0.29, 0.717) is 12.6 Å². The number of carbonyl (C=O) groups excluding carboxylic acids is 1. The average Bonchev–Trinajstić information content (AvgIpc) is 2.36. The van der Waals surface area contributed by atoms with Crippen molar-refractivity contribution in [2.45, 2.75) is 39.7 Å². The van der Waals surface area contributed by atoms with Gasteiger partial charge in [-0.05, 0) is 25.3 Å². The highest BCUT2D eigenvalue weighted by atomic mass is 16.1. The molecule has 1 atom stereocenters. The number of amides is 1. The summed E-state index contributed by atoms with van der Waals surface area (Å²) in [4.78, 5) is 16.6. The normalized spacial score (nSPS) is 21.9. The maximum absolute atomic E-state index is 10.2. The Morgan fingerprint density at radius 2 is 2.24 bits per heavy atom. The summed E-state index contributed by atoms with van der Waals surface area (Å²) >= 11 is 0. The van der Waals surface area contributed by atoms with E-state index in [0.717, 1.165) is 37.2 Å². The lowest BCUT2D eigenvalue weighted by molar-refractivity contribution is -0.109. The number of hydrogen-bond donors (Lipinski definition) is 1. The number of nitrogens with zero attached hydrogens (tertiary/aromatic N) is 2. The molecule has 0 saturated carbocycles. The highest BCUT2D eigenvalue weighted by molar-refractivity contribution is 5.98. The van der Waals surface area contributed by atoms with Crippen molar-refractivity contribution in [2.24, 2.45) is 4.99 Å². The number of carbonyl (C=O) groups is 1. The fourth-order valence-electron chi connectivity index (χ4n) is 1.92. The first kappa shape index (κ1) is 15.7. The molecule has 1 unspecified atom stereocenters. The number of rotatable bonds is 4. The number of aliphatic imine (C=N–C) groups is 1. The molecule has 0 aromatic rings. The molecule has 1 rings (SSSR count). The van der Waals surface area contributed by atoms with Gasteiger partial charge < -0.3 is 10.2 Å². The molecule has 4 heteroatoms. The van der Waals surface area contributed by atoms with Crippen molar-refractivity contribution in [1.29, 1.82) is 0 Å². The predicted molar refractivity (Wildman–Crippen MR) is 73.3 cm³/mol. The molecule has 1 aliphatic rings. The van der Waals surface area contributed by atoms with Gasteiger partial charge >= 0.3 is 0 Å². The van der Waals surface area contributed by atoms with E-state index in [9.17, 15) is 4.79 Å². The molecular weight excluding hydrogens is 214 g/mol.